The molecule has 1 N–H and O–H groups in total. The Bertz CT molecular complexity index is 1250. The molecule has 0 aliphatic carbocycles. The molecule has 0 spiro atoms. The highest BCUT2D eigenvalue weighted by molar-refractivity contribution is 7.89. The van der Waals surface area contributed by atoms with Crippen LogP contribution in [0.5, 0.6) is 0 Å². The van der Waals surface area contributed by atoms with E-state index in [1.807, 2.05) is 24.3 Å². The van der Waals surface area contributed by atoms with Crippen molar-refractivity contribution in [3.05, 3.63) is 83.8 Å². The van der Waals surface area contributed by atoms with Crippen LogP contribution in [0.25, 0.3) is 0 Å². The fourth-order valence-corrected chi connectivity index (χ4v) is 4.63. The van der Waals surface area contributed by atoms with E-state index in [9.17, 15) is 18.0 Å². The maximum absolute atomic E-state index is 13.3. The zero-order valence-corrected chi connectivity index (χ0v) is 18.5. The Morgan fingerprint density at radius 2 is 1.78 bits per heavy atom. The maximum atomic E-state index is 13.3. The molecule has 0 saturated heterocycles. The van der Waals surface area contributed by atoms with E-state index in [-0.39, 0.29) is 23.1 Å². The van der Waals surface area contributed by atoms with Crippen LogP contribution in [-0.4, -0.2) is 49.6 Å². The predicted molar refractivity (Wildman–Crippen MR) is 118 cm³/mol. The minimum atomic E-state index is -3.65. The van der Waals surface area contributed by atoms with Gasteiger partial charge in [-0.25, -0.2) is 12.7 Å². The minimum Gasteiger partial charge on any atom is -0.459 e. The lowest BCUT2D eigenvalue weighted by molar-refractivity contribution is -0.121. The highest BCUT2D eigenvalue weighted by Crippen LogP contribution is 2.26. The molecule has 4 rings (SSSR count). The molecule has 1 aliphatic heterocycles. The number of carbonyl (C=O) groups excluding carboxylic acids is 2. The van der Waals surface area contributed by atoms with Gasteiger partial charge in [-0.05, 0) is 41.5 Å². The summed E-state index contributed by atoms with van der Waals surface area (Å²) in [5, 5.41) is 2.78. The topological polar surface area (TPSA) is 99.9 Å². The third-order valence-electron chi connectivity index (χ3n) is 5.42. The monoisotopic (exact) mass is 453 g/mol. The van der Waals surface area contributed by atoms with Crippen molar-refractivity contribution in [3.63, 3.8) is 0 Å². The number of anilines is 1. The smallest absolute Gasteiger partial charge is 0.290 e. The van der Waals surface area contributed by atoms with E-state index in [4.69, 9.17) is 4.42 Å². The van der Waals surface area contributed by atoms with Crippen molar-refractivity contribution < 1.29 is 22.4 Å². The Balaban J connectivity index is 1.63. The Morgan fingerprint density at radius 1 is 1.03 bits per heavy atom. The number of rotatable bonds is 5. The third kappa shape index (κ3) is 4.17. The van der Waals surface area contributed by atoms with Crippen molar-refractivity contribution >= 4 is 27.5 Å². The molecule has 3 aromatic rings. The number of fused-ring (bicyclic) bond motifs is 1. The Morgan fingerprint density at radius 3 is 2.47 bits per heavy atom. The molecule has 0 saturated carbocycles. The van der Waals surface area contributed by atoms with Gasteiger partial charge in [0.15, 0.2) is 5.76 Å². The summed E-state index contributed by atoms with van der Waals surface area (Å²) in [6.07, 6.45) is 1.75. The van der Waals surface area contributed by atoms with Crippen LogP contribution in [0.2, 0.25) is 0 Å². The van der Waals surface area contributed by atoms with Crippen LogP contribution < -0.4 is 5.32 Å². The van der Waals surface area contributed by atoms with Gasteiger partial charge < -0.3 is 14.6 Å². The van der Waals surface area contributed by atoms with Crippen molar-refractivity contribution in [3.8, 4) is 0 Å². The molecule has 1 atom stereocenters. The zero-order valence-electron chi connectivity index (χ0n) is 17.7. The molecule has 1 aromatic heterocycles. The van der Waals surface area contributed by atoms with Crippen LogP contribution in [0.15, 0.2) is 76.2 Å². The van der Waals surface area contributed by atoms with E-state index in [0.717, 1.165) is 15.4 Å². The minimum absolute atomic E-state index is 0.0674. The number of hydrogen-bond acceptors (Lipinski definition) is 5. The normalized spacial score (nSPS) is 16.0. The molecule has 0 unspecified atom stereocenters. The predicted octanol–water partition coefficient (Wildman–Crippen LogP) is 2.74. The van der Waals surface area contributed by atoms with E-state index in [2.05, 4.69) is 5.32 Å². The van der Waals surface area contributed by atoms with Crippen LogP contribution in [0.4, 0.5) is 5.69 Å². The average molecular weight is 454 g/mol. The number of hydrogen-bond donors (Lipinski definition) is 1. The number of furan rings is 1. The second kappa shape index (κ2) is 8.60. The zero-order chi connectivity index (χ0) is 22.9. The van der Waals surface area contributed by atoms with E-state index in [1.54, 1.807) is 24.3 Å². The number of sulfonamides is 1. The van der Waals surface area contributed by atoms with Crippen molar-refractivity contribution in [2.75, 3.05) is 19.4 Å². The molecule has 2 amide bonds. The van der Waals surface area contributed by atoms with Gasteiger partial charge >= 0.3 is 0 Å². The molecule has 0 fully saturated rings. The van der Waals surface area contributed by atoms with Gasteiger partial charge in [0.1, 0.15) is 6.04 Å². The molecule has 32 heavy (non-hydrogen) atoms. The molecular formula is C23H23N3O5S. The number of amides is 2. The molecular weight excluding hydrogens is 430 g/mol. The number of carbonyl (C=O) groups is 2. The second-order valence-corrected chi connectivity index (χ2v) is 9.86. The quantitative estimate of drug-likeness (QED) is 0.640. The molecule has 0 bridgehead atoms. The van der Waals surface area contributed by atoms with E-state index in [1.165, 1.54) is 37.4 Å². The standard InChI is InChI=1S/C23H23N3O5S/c1-25(2)32(29,30)19-10-5-9-18(14-19)24-22(27)20-13-16-7-3-4-8-17(16)15-26(20)23(28)21-11-6-12-31-21/h3-12,14,20H,13,15H2,1-2H3,(H,24,27)/t20-/m1/s1. The van der Waals surface area contributed by atoms with Crippen LogP contribution >= 0.6 is 0 Å². The second-order valence-electron chi connectivity index (χ2n) is 7.70. The molecule has 2 heterocycles. The number of nitrogens with zero attached hydrogens (tertiary/aromatic N) is 2. The first-order chi connectivity index (χ1) is 15.3. The molecule has 166 valence electrons. The molecule has 8 nitrogen and oxygen atoms in total. The van der Waals surface area contributed by atoms with E-state index in [0.29, 0.717) is 12.1 Å². The fraction of sp³-hybridized carbons (Fsp3) is 0.217. The summed E-state index contributed by atoms with van der Waals surface area (Å²) in [6, 6.07) is 16.1. The Hall–Kier alpha value is -3.43. The molecule has 0 radical (unpaired) electrons. The van der Waals surface area contributed by atoms with Gasteiger partial charge in [0.25, 0.3) is 5.91 Å². The van der Waals surface area contributed by atoms with E-state index < -0.39 is 22.0 Å². The number of benzene rings is 2. The van der Waals surface area contributed by atoms with Gasteiger partial charge in [0.2, 0.25) is 15.9 Å². The van der Waals surface area contributed by atoms with Crippen LogP contribution in [0, 0.1) is 0 Å². The summed E-state index contributed by atoms with van der Waals surface area (Å²) in [5.41, 5.74) is 2.29. The highest BCUT2D eigenvalue weighted by atomic mass is 32.2. The summed E-state index contributed by atoms with van der Waals surface area (Å²) in [5.74, 6) is -0.631. The Labute approximate surface area is 186 Å². The lowest BCUT2D eigenvalue weighted by Gasteiger charge is -2.35. The van der Waals surface area contributed by atoms with E-state index >= 15 is 0 Å². The van der Waals surface area contributed by atoms with Gasteiger partial charge in [0, 0.05) is 32.7 Å². The van der Waals surface area contributed by atoms with Crippen LogP contribution in [-0.2, 0) is 27.8 Å². The van der Waals surface area contributed by atoms with Gasteiger partial charge in [-0.1, -0.05) is 30.3 Å². The average Bonchev–Trinajstić information content (AvgIpc) is 3.32. The molecule has 1 aliphatic rings. The van der Waals surface area contributed by atoms with Crippen molar-refractivity contribution in [1.82, 2.24) is 9.21 Å². The van der Waals surface area contributed by atoms with Crippen molar-refractivity contribution in [2.24, 2.45) is 0 Å². The van der Waals surface area contributed by atoms with Crippen molar-refractivity contribution in [2.45, 2.75) is 23.9 Å². The SMILES string of the molecule is CN(C)S(=O)(=O)c1cccc(NC(=O)[C@H]2Cc3ccccc3CN2C(=O)c2ccco2)c1. The van der Waals surface area contributed by atoms with Crippen LogP contribution in [0.1, 0.15) is 21.7 Å². The largest absolute Gasteiger partial charge is 0.459 e. The first-order valence-electron chi connectivity index (χ1n) is 10.0. The van der Waals surface area contributed by atoms with Gasteiger partial charge in [-0.3, -0.25) is 9.59 Å². The van der Waals surface area contributed by atoms with Crippen molar-refractivity contribution in [1.29, 1.82) is 0 Å². The third-order valence-corrected chi connectivity index (χ3v) is 7.24. The van der Waals surface area contributed by atoms with Crippen LogP contribution in [0.3, 0.4) is 0 Å². The lowest BCUT2D eigenvalue weighted by atomic mass is 9.93. The Kier molecular flexibility index (Phi) is 5.86. The summed E-state index contributed by atoms with van der Waals surface area (Å²) in [4.78, 5) is 27.9. The van der Waals surface area contributed by atoms with Gasteiger partial charge in [-0.2, -0.15) is 0 Å². The fourth-order valence-electron chi connectivity index (χ4n) is 3.68. The summed E-state index contributed by atoms with van der Waals surface area (Å²) in [6.45, 7) is 0.267. The lowest BCUT2D eigenvalue weighted by Crippen LogP contribution is -2.50. The highest BCUT2D eigenvalue weighted by Gasteiger charge is 2.36. The first-order valence-corrected chi connectivity index (χ1v) is 11.5. The van der Waals surface area contributed by atoms with Gasteiger partial charge in [-0.15, -0.1) is 0 Å². The van der Waals surface area contributed by atoms with Gasteiger partial charge in [0.05, 0.1) is 11.2 Å². The molecule has 2 aromatic carbocycles. The summed E-state index contributed by atoms with van der Waals surface area (Å²) in [7, 11) is -0.763. The number of nitrogens with one attached hydrogen (secondary N) is 1. The maximum Gasteiger partial charge on any atom is 0.290 e. The first kappa shape index (κ1) is 21.8. The molecule has 9 heteroatoms. The summed E-state index contributed by atoms with van der Waals surface area (Å²) < 4.78 is 31.2. The summed E-state index contributed by atoms with van der Waals surface area (Å²) >= 11 is 0.